The summed E-state index contributed by atoms with van der Waals surface area (Å²) in [6.45, 7) is 4.53. The fourth-order valence-corrected chi connectivity index (χ4v) is 4.99. The van der Waals surface area contributed by atoms with Crippen molar-refractivity contribution in [1.82, 2.24) is 0 Å². The third kappa shape index (κ3) is 4.26. The van der Waals surface area contributed by atoms with Gasteiger partial charge in [0.2, 0.25) is 0 Å². The summed E-state index contributed by atoms with van der Waals surface area (Å²) in [5.74, 6) is -0.511. The lowest BCUT2D eigenvalue weighted by atomic mass is 9.96. The second kappa shape index (κ2) is 8.90. The van der Waals surface area contributed by atoms with E-state index in [-0.39, 0.29) is 40.7 Å². The Bertz CT molecular complexity index is 1370. The summed E-state index contributed by atoms with van der Waals surface area (Å²) in [4.78, 5) is 24.3. The highest BCUT2D eigenvalue weighted by Gasteiger charge is 2.29. The molecule has 3 aromatic carbocycles. The molecule has 1 aliphatic rings. The van der Waals surface area contributed by atoms with Gasteiger partial charge in [-0.2, -0.15) is 8.42 Å². The Morgan fingerprint density at radius 2 is 1.53 bits per heavy atom. The van der Waals surface area contributed by atoms with Crippen molar-refractivity contribution in [2.45, 2.75) is 26.7 Å². The second-order valence-electron chi connectivity index (χ2n) is 8.04. The molecule has 0 unspecified atom stereocenters. The first-order chi connectivity index (χ1) is 16.1. The normalized spacial score (nSPS) is 12.6. The number of rotatable bonds is 6. The summed E-state index contributed by atoms with van der Waals surface area (Å²) >= 11 is 0. The van der Waals surface area contributed by atoms with Gasteiger partial charge in [-0.1, -0.05) is 52.4 Å². The van der Waals surface area contributed by atoms with E-state index in [0.29, 0.717) is 11.8 Å². The van der Waals surface area contributed by atoms with Crippen LogP contribution in [0.1, 0.15) is 44.1 Å². The van der Waals surface area contributed by atoms with Crippen molar-refractivity contribution in [3.63, 3.8) is 0 Å². The quantitative estimate of drug-likeness (QED) is 0.373. The number of hydrogen-bond donors (Lipinski definition) is 1. The van der Waals surface area contributed by atoms with Crippen LogP contribution in [0, 0.1) is 20.8 Å². The number of fused-ring (bicyclic) bond motifs is 3. The summed E-state index contributed by atoms with van der Waals surface area (Å²) in [7, 11) is -5.34. The molecule has 1 aliphatic carbocycles. The number of amides is 1. The summed E-state index contributed by atoms with van der Waals surface area (Å²) < 4.78 is 45.4. The van der Waals surface area contributed by atoms with Gasteiger partial charge < -0.3 is 8.92 Å². The van der Waals surface area contributed by atoms with E-state index in [1.165, 1.54) is 13.8 Å². The zero-order chi connectivity index (χ0) is 24.6. The SMILES string of the molecule is Cc1c(C=O)c(C)c(OS(=O)(=O)F)c(C)c1NC(=O)OCC1c2ccccc2-c2ccccc21. The lowest BCUT2D eigenvalue weighted by Crippen LogP contribution is -2.20. The third-order valence-corrected chi connectivity index (χ3v) is 6.48. The monoisotopic (exact) mass is 483 g/mol. The molecule has 7 nitrogen and oxygen atoms in total. The van der Waals surface area contributed by atoms with Crippen LogP contribution in [0.3, 0.4) is 0 Å². The van der Waals surface area contributed by atoms with Gasteiger partial charge in [0.25, 0.3) is 0 Å². The number of benzene rings is 3. The molecule has 0 bridgehead atoms. The maximum atomic E-state index is 13.3. The predicted molar refractivity (Wildman–Crippen MR) is 125 cm³/mol. The van der Waals surface area contributed by atoms with Crippen LogP contribution in [0.2, 0.25) is 0 Å². The molecule has 176 valence electrons. The average Bonchev–Trinajstić information content (AvgIpc) is 3.12. The van der Waals surface area contributed by atoms with Gasteiger partial charge in [0, 0.05) is 22.6 Å². The van der Waals surface area contributed by atoms with E-state index < -0.39 is 16.6 Å². The Morgan fingerprint density at radius 3 is 2.06 bits per heavy atom. The zero-order valence-corrected chi connectivity index (χ0v) is 19.5. The van der Waals surface area contributed by atoms with E-state index in [1.807, 2.05) is 48.5 Å². The van der Waals surface area contributed by atoms with Crippen molar-refractivity contribution in [1.29, 1.82) is 0 Å². The molecule has 3 aromatic rings. The summed E-state index contributed by atoms with van der Waals surface area (Å²) in [6, 6.07) is 15.8. The molecular formula is C25H22FNO6S. The molecule has 0 aromatic heterocycles. The number of aldehydes is 1. The minimum Gasteiger partial charge on any atom is -0.448 e. The largest absolute Gasteiger partial charge is 0.488 e. The maximum absolute atomic E-state index is 13.3. The van der Waals surface area contributed by atoms with Crippen LogP contribution < -0.4 is 9.50 Å². The standard InChI is InChI=1S/C25H22FNO6S/c1-14-21(12-28)15(2)24(33-34(26,30)31)16(3)23(14)27-25(29)32-13-22-19-10-6-4-8-17(19)18-9-5-7-11-20(18)22/h4-12,22H,13H2,1-3H3,(H,27,29). The smallest absolute Gasteiger partial charge is 0.448 e. The molecule has 1 amide bonds. The molecule has 0 fully saturated rings. The van der Waals surface area contributed by atoms with E-state index in [1.54, 1.807) is 6.92 Å². The second-order valence-corrected chi connectivity index (χ2v) is 8.99. The molecule has 0 radical (unpaired) electrons. The molecule has 9 heteroatoms. The fraction of sp³-hybridized carbons (Fsp3) is 0.200. The van der Waals surface area contributed by atoms with Crippen molar-refractivity contribution in [3.8, 4) is 16.9 Å². The highest BCUT2D eigenvalue weighted by molar-refractivity contribution is 7.81. The minimum atomic E-state index is -5.34. The Labute approximate surface area is 196 Å². The molecule has 4 rings (SSSR count). The Kier molecular flexibility index (Phi) is 6.14. The highest BCUT2D eigenvalue weighted by Crippen LogP contribution is 2.44. The highest BCUT2D eigenvalue weighted by atomic mass is 32.3. The fourth-order valence-electron chi connectivity index (χ4n) is 4.54. The van der Waals surface area contributed by atoms with E-state index in [0.717, 1.165) is 22.3 Å². The van der Waals surface area contributed by atoms with E-state index >= 15 is 0 Å². The number of carbonyl (C=O) groups is 2. The number of halogens is 1. The van der Waals surface area contributed by atoms with Gasteiger partial charge >= 0.3 is 16.6 Å². The maximum Gasteiger partial charge on any atom is 0.488 e. The van der Waals surface area contributed by atoms with Gasteiger partial charge in [0.1, 0.15) is 6.61 Å². The van der Waals surface area contributed by atoms with E-state index in [9.17, 15) is 21.9 Å². The van der Waals surface area contributed by atoms with Gasteiger partial charge in [-0.25, -0.2) is 4.79 Å². The van der Waals surface area contributed by atoms with Gasteiger partial charge in [0.15, 0.2) is 12.0 Å². The minimum absolute atomic E-state index is 0.0621. The van der Waals surface area contributed by atoms with Crippen LogP contribution in [0.4, 0.5) is 14.4 Å². The van der Waals surface area contributed by atoms with Gasteiger partial charge in [0.05, 0.1) is 5.69 Å². The first kappa shape index (κ1) is 23.4. The van der Waals surface area contributed by atoms with Crippen molar-refractivity contribution in [2.24, 2.45) is 0 Å². The molecule has 0 atom stereocenters. The average molecular weight is 484 g/mol. The zero-order valence-electron chi connectivity index (χ0n) is 18.7. The van der Waals surface area contributed by atoms with Gasteiger partial charge in [-0.15, -0.1) is 0 Å². The lowest BCUT2D eigenvalue weighted by Gasteiger charge is -2.20. The topological polar surface area (TPSA) is 98.8 Å². The van der Waals surface area contributed by atoms with Crippen LogP contribution in [-0.2, 0) is 15.2 Å². The summed E-state index contributed by atoms with van der Waals surface area (Å²) in [5, 5.41) is 2.56. The Morgan fingerprint density at radius 1 is 0.971 bits per heavy atom. The molecule has 0 saturated heterocycles. The van der Waals surface area contributed by atoms with Crippen molar-refractivity contribution in [3.05, 3.63) is 81.9 Å². The Balaban J connectivity index is 1.60. The summed E-state index contributed by atoms with van der Waals surface area (Å²) in [5.41, 5.74) is 5.13. The third-order valence-electron chi connectivity index (χ3n) is 6.11. The number of nitrogens with one attached hydrogen (secondary N) is 1. The van der Waals surface area contributed by atoms with Crippen LogP contribution >= 0.6 is 0 Å². The van der Waals surface area contributed by atoms with Crippen LogP contribution in [-0.4, -0.2) is 27.4 Å². The van der Waals surface area contributed by atoms with E-state index in [4.69, 9.17) is 4.74 Å². The molecule has 34 heavy (non-hydrogen) atoms. The van der Waals surface area contributed by atoms with Crippen molar-refractivity contribution < 1.29 is 30.8 Å². The van der Waals surface area contributed by atoms with Crippen molar-refractivity contribution >= 4 is 28.6 Å². The molecular weight excluding hydrogens is 461 g/mol. The molecule has 0 aliphatic heterocycles. The summed E-state index contributed by atoms with van der Waals surface area (Å²) in [6.07, 6.45) is -0.312. The first-order valence-corrected chi connectivity index (χ1v) is 11.8. The number of hydrogen-bond acceptors (Lipinski definition) is 6. The van der Waals surface area contributed by atoms with Crippen LogP contribution in [0.15, 0.2) is 48.5 Å². The molecule has 0 heterocycles. The van der Waals surface area contributed by atoms with E-state index in [2.05, 4.69) is 9.50 Å². The van der Waals surface area contributed by atoms with Crippen molar-refractivity contribution in [2.75, 3.05) is 11.9 Å². The molecule has 0 saturated carbocycles. The number of anilines is 1. The Hall–Kier alpha value is -3.72. The van der Waals surface area contributed by atoms with Gasteiger partial charge in [-0.05, 0) is 48.6 Å². The predicted octanol–water partition coefficient (Wildman–Crippen LogP) is 5.38. The van der Waals surface area contributed by atoms with Crippen LogP contribution in [0.5, 0.6) is 5.75 Å². The first-order valence-electron chi connectivity index (χ1n) is 10.5. The number of carbonyl (C=O) groups excluding carboxylic acids is 2. The lowest BCUT2D eigenvalue weighted by molar-refractivity contribution is 0.112. The van der Waals surface area contributed by atoms with Crippen LogP contribution in [0.25, 0.3) is 11.1 Å². The molecule has 0 spiro atoms. The molecule has 1 N–H and O–H groups in total. The number of ether oxygens (including phenoxy) is 1. The van der Waals surface area contributed by atoms with Gasteiger partial charge in [-0.3, -0.25) is 10.1 Å².